The molecule has 0 aliphatic heterocycles. The van der Waals surface area contributed by atoms with Gasteiger partial charge >= 0.3 is 0 Å². The highest BCUT2D eigenvalue weighted by molar-refractivity contribution is 7.91. The summed E-state index contributed by atoms with van der Waals surface area (Å²) in [7, 11) is -4.00. The van der Waals surface area contributed by atoms with Crippen molar-refractivity contribution in [1.82, 2.24) is 9.78 Å². The van der Waals surface area contributed by atoms with Crippen LogP contribution < -0.4 is 0 Å². The molecule has 0 aliphatic rings. The molecule has 0 unspecified atom stereocenters. The Labute approximate surface area is 172 Å². The molecule has 29 heavy (non-hydrogen) atoms. The highest BCUT2D eigenvalue weighted by Gasteiger charge is 2.25. The lowest BCUT2D eigenvalue weighted by Crippen LogP contribution is -2.04. The second-order valence-corrected chi connectivity index (χ2v) is 8.56. The van der Waals surface area contributed by atoms with Crippen LogP contribution in [0.3, 0.4) is 0 Å². The number of phenols is 2. The maximum atomic E-state index is 13.0. The average Bonchev–Trinajstić information content (AvgIpc) is 3.18. The molecule has 0 amide bonds. The van der Waals surface area contributed by atoms with E-state index in [0.29, 0.717) is 16.4 Å². The van der Waals surface area contributed by atoms with Crippen LogP contribution in [0.15, 0.2) is 88.8 Å². The number of aromatic hydroxyl groups is 2. The Morgan fingerprint density at radius 2 is 1.55 bits per heavy atom. The van der Waals surface area contributed by atoms with Gasteiger partial charge in [-0.1, -0.05) is 41.9 Å². The fourth-order valence-electron chi connectivity index (χ4n) is 3.03. The van der Waals surface area contributed by atoms with Crippen molar-refractivity contribution in [3.8, 4) is 28.4 Å². The molecule has 0 aliphatic carbocycles. The highest BCUT2D eigenvalue weighted by Crippen LogP contribution is 2.39. The van der Waals surface area contributed by atoms with Gasteiger partial charge in [-0.15, -0.1) is 0 Å². The Kier molecular flexibility index (Phi) is 4.77. The Morgan fingerprint density at radius 3 is 2.28 bits per heavy atom. The monoisotopic (exact) mass is 426 g/mol. The Balaban J connectivity index is 1.92. The van der Waals surface area contributed by atoms with Gasteiger partial charge in [0.1, 0.15) is 16.4 Å². The molecule has 3 aromatic carbocycles. The lowest BCUT2D eigenvalue weighted by molar-refractivity contribution is 0.440. The predicted molar refractivity (Wildman–Crippen MR) is 109 cm³/mol. The fourth-order valence-corrected chi connectivity index (χ4v) is 4.62. The van der Waals surface area contributed by atoms with Crippen molar-refractivity contribution in [1.29, 1.82) is 0 Å². The molecule has 6 nitrogen and oxygen atoms in total. The van der Waals surface area contributed by atoms with E-state index in [1.54, 1.807) is 48.5 Å². The van der Waals surface area contributed by atoms with Crippen LogP contribution >= 0.6 is 11.6 Å². The molecule has 8 heteroatoms. The van der Waals surface area contributed by atoms with Crippen LogP contribution in [0.5, 0.6) is 11.5 Å². The van der Waals surface area contributed by atoms with Crippen LogP contribution in [0.1, 0.15) is 0 Å². The van der Waals surface area contributed by atoms with E-state index in [1.165, 1.54) is 29.1 Å². The molecule has 0 spiro atoms. The molecule has 0 bridgehead atoms. The predicted octanol–water partition coefficient (Wildman–Crippen LogP) is 4.44. The quantitative estimate of drug-likeness (QED) is 0.503. The molecule has 0 radical (unpaired) electrons. The summed E-state index contributed by atoms with van der Waals surface area (Å²) in [6, 6.07) is 18.6. The van der Waals surface area contributed by atoms with Crippen molar-refractivity contribution < 1.29 is 18.6 Å². The Bertz CT molecular complexity index is 1300. The fraction of sp³-hybridized carbons (Fsp3) is 0. The van der Waals surface area contributed by atoms with E-state index < -0.39 is 15.6 Å². The van der Waals surface area contributed by atoms with Crippen molar-refractivity contribution in [2.24, 2.45) is 0 Å². The summed E-state index contributed by atoms with van der Waals surface area (Å²) in [5, 5.41) is 25.4. The molecule has 146 valence electrons. The number of halogens is 1. The normalized spacial score (nSPS) is 11.5. The van der Waals surface area contributed by atoms with E-state index in [1.807, 2.05) is 0 Å². The van der Waals surface area contributed by atoms with E-state index in [-0.39, 0.29) is 21.1 Å². The average molecular weight is 427 g/mol. The van der Waals surface area contributed by atoms with Gasteiger partial charge in [0, 0.05) is 11.6 Å². The number of para-hydroxylation sites is 1. The molecule has 4 rings (SSSR count). The van der Waals surface area contributed by atoms with Gasteiger partial charge in [0.15, 0.2) is 0 Å². The summed E-state index contributed by atoms with van der Waals surface area (Å²) in [6.45, 7) is 0. The van der Waals surface area contributed by atoms with Crippen molar-refractivity contribution in [3.05, 3.63) is 84.0 Å². The zero-order valence-corrected chi connectivity index (χ0v) is 16.5. The van der Waals surface area contributed by atoms with Gasteiger partial charge in [-0.05, 0) is 36.4 Å². The van der Waals surface area contributed by atoms with Gasteiger partial charge in [0.25, 0.3) is 0 Å². The maximum Gasteiger partial charge on any atom is 0.210 e. The molecule has 0 atom stereocenters. The minimum atomic E-state index is -4.00. The molecule has 2 N–H and O–H groups in total. The first-order valence-corrected chi connectivity index (χ1v) is 10.4. The minimum absolute atomic E-state index is 0.0338. The SMILES string of the molecule is O=S(=O)(c1ccccc1)c1cc(-c2ccnn2-c2ccccc2Cl)c(O)cc1O. The standard InChI is InChI=1S/C21H15ClN2O4S/c22-16-8-4-5-9-18(16)24-17(10-11-23-24)15-12-21(20(26)13-19(15)25)29(27,28)14-6-2-1-3-7-14/h1-13,25-26H. The first-order valence-electron chi connectivity index (χ1n) is 8.55. The summed E-state index contributed by atoms with van der Waals surface area (Å²) in [6.07, 6.45) is 1.51. The van der Waals surface area contributed by atoms with E-state index in [9.17, 15) is 18.6 Å². The van der Waals surface area contributed by atoms with E-state index >= 15 is 0 Å². The lowest BCUT2D eigenvalue weighted by Gasteiger charge is -2.13. The summed E-state index contributed by atoms with van der Waals surface area (Å²) >= 11 is 6.26. The van der Waals surface area contributed by atoms with Gasteiger partial charge < -0.3 is 10.2 Å². The molecule has 0 saturated carbocycles. The van der Waals surface area contributed by atoms with Gasteiger partial charge in [0.05, 0.1) is 27.5 Å². The van der Waals surface area contributed by atoms with Crippen LogP contribution in [-0.2, 0) is 9.84 Å². The number of sulfone groups is 1. The smallest absolute Gasteiger partial charge is 0.210 e. The Hall–Kier alpha value is -3.29. The van der Waals surface area contributed by atoms with Crippen LogP contribution in [0.2, 0.25) is 5.02 Å². The largest absolute Gasteiger partial charge is 0.507 e. The Morgan fingerprint density at radius 1 is 0.862 bits per heavy atom. The van der Waals surface area contributed by atoms with Gasteiger partial charge in [-0.2, -0.15) is 5.10 Å². The number of aromatic nitrogens is 2. The first kappa shape index (κ1) is 19.0. The topological polar surface area (TPSA) is 92.4 Å². The number of hydrogen-bond acceptors (Lipinski definition) is 5. The second-order valence-electron chi connectivity index (χ2n) is 6.23. The van der Waals surface area contributed by atoms with Crippen LogP contribution in [0, 0.1) is 0 Å². The van der Waals surface area contributed by atoms with Crippen LogP contribution in [0.4, 0.5) is 0 Å². The van der Waals surface area contributed by atoms with E-state index in [0.717, 1.165) is 6.07 Å². The van der Waals surface area contributed by atoms with Crippen LogP contribution in [0.25, 0.3) is 16.9 Å². The zero-order chi connectivity index (χ0) is 20.6. The first-order chi connectivity index (χ1) is 13.9. The van der Waals surface area contributed by atoms with Gasteiger partial charge in [-0.25, -0.2) is 13.1 Å². The van der Waals surface area contributed by atoms with Gasteiger partial charge in [0.2, 0.25) is 9.84 Å². The number of hydrogen-bond donors (Lipinski definition) is 2. The molecular weight excluding hydrogens is 412 g/mol. The van der Waals surface area contributed by atoms with Crippen LogP contribution in [-0.4, -0.2) is 28.4 Å². The minimum Gasteiger partial charge on any atom is -0.507 e. The summed E-state index contributed by atoms with van der Waals surface area (Å²) in [4.78, 5) is -0.282. The molecule has 4 aromatic rings. The highest BCUT2D eigenvalue weighted by atomic mass is 35.5. The number of benzene rings is 3. The number of rotatable bonds is 4. The summed E-state index contributed by atoms with van der Waals surface area (Å²) in [5.41, 5.74) is 1.17. The third-order valence-corrected chi connectivity index (χ3v) is 6.54. The molecular formula is C21H15ClN2O4S. The van der Waals surface area contributed by atoms with Crippen molar-refractivity contribution in [3.63, 3.8) is 0 Å². The number of nitrogens with zero attached hydrogens (tertiary/aromatic N) is 2. The molecule has 1 aromatic heterocycles. The van der Waals surface area contributed by atoms with E-state index in [4.69, 9.17) is 11.6 Å². The third-order valence-electron chi connectivity index (χ3n) is 4.42. The maximum absolute atomic E-state index is 13.0. The van der Waals surface area contributed by atoms with E-state index in [2.05, 4.69) is 5.10 Å². The second kappa shape index (κ2) is 7.27. The van der Waals surface area contributed by atoms with Crippen molar-refractivity contribution in [2.45, 2.75) is 9.79 Å². The molecule has 1 heterocycles. The lowest BCUT2D eigenvalue weighted by atomic mass is 10.1. The zero-order valence-electron chi connectivity index (χ0n) is 14.9. The summed E-state index contributed by atoms with van der Waals surface area (Å²) < 4.78 is 27.5. The van der Waals surface area contributed by atoms with Crippen molar-refractivity contribution >= 4 is 21.4 Å². The molecule has 0 fully saturated rings. The van der Waals surface area contributed by atoms with Gasteiger partial charge in [-0.3, -0.25) is 0 Å². The number of phenolic OH excluding ortho intramolecular Hbond substituents is 2. The van der Waals surface area contributed by atoms with Crippen molar-refractivity contribution in [2.75, 3.05) is 0 Å². The molecule has 0 saturated heterocycles. The summed E-state index contributed by atoms with van der Waals surface area (Å²) in [5.74, 6) is -0.831. The third kappa shape index (κ3) is 3.35.